The normalized spacial score (nSPS) is 10.7. The summed E-state index contributed by atoms with van der Waals surface area (Å²) in [4.78, 5) is 16.4. The quantitative estimate of drug-likeness (QED) is 0.538. The Balaban J connectivity index is 1.73. The molecule has 3 aromatic rings. The summed E-state index contributed by atoms with van der Waals surface area (Å²) in [6.45, 7) is 1.75. The van der Waals surface area contributed by atoms with E-state index in [2.05, 4.69) is 10.1 Å². The van der Waals surface area contributed by atoms with E-state index in [0.29, 0.717) is 5.82 Å². The molecule has 0 saturated carbocycles. The summed E-state index contributed by atoms with van der Waals surface area (Å²) in [5, 5.41) is 4.36. The van der Waals surface area contributed by atoms with E-state index in [1.165, 1.54) is 12.1 Å². The van der Waals surface area contributed by atoms with Crippen molar-refractivity contribution in [1.82, 2.24) is 10.1 Å². The lowest BCUT2D eigenvalue weighted by atomic mass is 10.1. The maximum absolute atomic E-state index is 12.2. The second-order valence-corrected chi connectivity index (χ2v) is 6.10. The van der Waals surface area contributed by atoms with Gasteiger partial charge < -0.3 is 15.0 Å². The van der Waals surface area contributed by atoms with Crippen molar-refractivity contribution in [3.8, 4) is 11.4 Å². The third kappa shape index (κ3) is 3.75. The first-order chi connectivity index (χ1) is 12.0. The molecule has 1 heterocycles. The van der Waals surface area contributed by atoms with E-state index in [-0.39, 0.29) is 33.8 Å². The van der Waals surface area contributed by atoms with E-state index in [1.807, 2.05) is 31.2 Å². The summed E-state index contributed by atoms with van der Waals surface area (Å²) in [6, 6.07) is 10.5. The van der Waals surface area contributed by atoms with Gasteiger partial charge in [0.15, 0.2) is 6.61 Å². The third-order valence-electron chi connectivity index (χ3n) is 3.50. The monoisotopic (exact) mass is 377 g/mol. The van der Waals surface area contributed by atoms with Gasteiger partial charge in [-0.3, -0.25) is 0 Å². The second-order valence-electron chi connectivity index (χ2n) is 5.25. The largest absolute Gasteiger partial charge is 0.452 e. The number of esters is 1. The summed E-state index contributed by atoms with van der Waals surface area (Å²) in [6.07, 6.45) is 0. The molecule has 0 fully saturated rings. The minimum absolute atomic E-state index is 0.0798. The number of anilines is 1. The fourth-order valence-electron chi connectivity index (χ4n) is 2.21. The molecular formula is C17H13Cl2N3O3. The lowest BCUT2D eigenvalue weighted by Gasteiger charge is -2.07. The van der Waals surface area contributed by atoms with Crippen LogP contribution in [0.3, 0.4) is 0 Å². The summed E-state index contributed by atoms with van der Waals surface area (Å²) < 4.78 is 10.3. The zero-order chi connectivity index (χ0) is 18.0. The highest BCUT2D eigenvalue weighted by Crippen LogP contribution is 2.28. The molecule has 0 bridgehead atoms. The number of hydrogen-bond donors (Lipinski definition) is 1. The lowest BCUT2D eigenvalue weighted by molar-refractivity contribution is 0.0431. The van der Waals surface area contributed by atoms with Gasteiger partial charge in [0.1, 0.15) is 0 Å². The first-order valence-electron chi connectivity index (χ1n) is 7.26. The Morgan fingerprint density at radius 2 is 2.04 bits per heavy atom. The van der Waals surface area contributed by atoms with E-state index >= 15 is 0 Å². The minimum atomic E-state index is -0.683. The maximum atomic E-state index is 12.2. The zero-order valence-electron chi connectivity index (χ0n) is 13.1. The number of carbonyl (C=O) groups excluding carboxylic acids is 1. The lowest BCUT2D eigenvalue weighted by Crippen LogP contribution is -2.09. The van der Waals surface area contributed by atoms with Crippen LogP contribution in [0.5, 0.6) is 0 Å². The molecule has 128 valence electrons. The van der Waals surface area contributed by atoms with Gasteiger partial charge in [0.05, 0.1) is 16.3 Å². The predicted octanol–water partition coefficient (Wildman–Crippen LogP) is 4.29. The molecule has 2 N–H and O–H groups in total. The molecule has 1 aromatic heterocycles. The van der Waals surface area contributed by atoms with E-state index in [4.69, 9.17) is 38.2 Å². The number of hydrogen-bond acceptors (Lipinski definition) is 6. The van der Waals surface area contributed by atoms with Crippen LogP contribution < -0.4 is 5.73 Å². The van der Waals surface area contributed by atoms with Crippen LogP contribution in [0, 0.1) is 6.92 Å². The van der Waals surface area contributed by atoms with Crippen molar-refractivity contribution in [3.05, 3.63) is 63.5 Å². The Morgan fingerprint density at radius 1 is 1.28 bits per heavy atom. The molecule has 8 heteroatoms. The highest BCUT2D eigenvalue weighted by atomic mass is 35.5. The fourth-order valence-corrected chi connectivity index (χ4v) is 2.70. The molecule has 0 spiro atoms. The van der Waals surface area contributed by atoms with Crippen LogP contribution in [0.2, 0.25) is 10.0 Å². The number of benzene rings is 2. The van der Waals surface area contributed by atoms with Crippen molar-refractivity contribution in [2.75, 3.05) is 5.73 Å². The fraction of sp³-hybridized carbons (Fsp3) is 0.118. The average molecular weight is 378 g/mol. The van der Waals surface area contributed by atoms with Crippen molar-refractivity contribution in [1.29, 1.82) is 0 Å². The smallest absolute Gasteiger partial charge is 0.340 e. The Morgan fingerprint density at radius 3 is 2.80 bits per heavy atom. The third-order valence-corrected chi connectivity index (χ3v) is 4.03. The summed E-state index contributed by atoms with van der Waals surface area (Å²) in [5.41, 5.74) is 7.80. The van der Waals surface area contributed by atoms with Gasteiger partial charge in [0.25, 0.3) is 5.89 Å². The molecule has 0 aliphatic rings. The molecule has 0 saturated heterocycles. The molecule has 0 atom stereocenters. The Kier molecular flexibility index (Phi) is 4.92. The van der Waals surface area contributed by atoms with Crippen molar-refractivity contribution in [3.63, 3.8) is 0 Å². The first-order valence-corrected chi connectivity index (χ1v) is 8.01. The highest BCUT2D eigenvalue weighted by molar-refractivity contribution is 6.37. The summed E-state index contributed by atoms with van der Waals surface area (Å²) in [7, 11) is 0. The number of nitrogen functional groups attached to an aromatic ring is 1. The highest BCUT2D eigenvalue weighted by Gasteiger charge is 2.17. The number of nitrogens with zero attached hydrogens (tertiary/aromatic N) is 2. The van der Waals surface area contributed by atoms with E-state index < -0.39 is 5.97 Å². The van der Waals surface area contributed by atoms with Gasteiger partial charge in [-0.1, -0.05) is 52.6 Å². The van der Waals surface area contributed by atoms with Crippen molar-refractivity contribution in [2.45, 2.75) is 13.5 Å². The van der Waals surface area contributed by atoms with Gasteiger partial charge in [-0.25, -0.2) is 4.79 Å². The zero-order valence-corrected chi connectivity index (χ0v) is 14.6. The summed E-state index contributed by atoms with van der Waals surface area (Å²) >= 11 is 11.8. The van der Waals surface area contributed by atoms with Gasteiger partial charge in [-0.05, 0) is 24.6 Å². The molecule has 3 rings (SSSR count). The standard InChI is InChI=1S/C17H13Cl2N3O3/c1-9-4-2-3-5-11(9)16-21-14(25-22-16)8-24-17(23)12-6-10(18)7-13(19)15(12)20/h2-7H,8,20H2,1H3. The van der Waals surface area contributed by atoms with Gasteiger partial charge in [0, 0.05) is 10.6 Å². The summed E-state index contributed by atoms with van der Waals surface area (Å²) in [5.74, 6) is -0.0923. The number of ether oxygens (including phenoxy) is 1. The Hall–Kier alpha value is -2.57. The molecule has 6 nitrogen and oxygen atoms in total. The average Bonchev–Trinajstić information content (AvgIpc) is 3.05. The maximum Gasteiger partial charge on any atom is 0.340 e. The Bertz CT molecular complexity index is 941. The van der Waals surface area contributed by atoms with E-state index in [1.54, 1.807) is 0 Å². The first kappa shape index (κ1) is 17.3. The van der Waals surface area contributed by atoms with Gasteiger partial charge in [-0.2, -0.15) is 4.98 Å². The van der Waals surface area contributed by atoms with Crippen LogP contribution in [-0.4, -0.2) is 16.1 Å². The number of aryl methyl sites for hydroxylation is 1. The van der Waals surface area contributed by atoms with Crippen LogP contribution in [0.25, 0.3) is 11.4 Å². The molecule has 0 aliphatic heterocycles. The SMILES string of the molecule is Cc1ccccc1-c1noc(COC(=O)c2cc(Cl)cc(Cl)c2N)n1. The van der Waals surface area contributed by atoms with Gasteiger partial charge >= 0.3 is 5.97 Å². The van der Waals surface area contributed by atoms with E-state index in [9.17, 15) is 4.79 Å². The van der Waals surface area contributed by atoms with Crippen LogP contribution in [0.15, 0.2) is 40.9 Å². The van der Waals surface area contributed by atoms with Crippen LogP contribution >= 0.6 is 23.2 Å². The van der Waals surface area contributed by atoms with Crippen molar-refractivity contribution < 1.29 is 14.1 Å². The molecule has 0 amide bonds. The number of halogens is 2. The number of nitrogens with two attached hydrogens (primary N) is 1. The predicted molar refractivity (Wildman–Crippen MR) is 94.5 cm³/mol. The van der Waals surface area contributed by atoms with Crippen LogP contribution in [0.1, 0.15) is 21.8 Å². The molecule has 0 radical (unpaired) electrons. The van der Waals surface area contributed by atoms with Crippen molar-refractivity contribution in [2.24, 2.45) is 0 Å². The number of rotatable bonds is 4. The van der Waals surface area contributed by atoms with Crippen LogP contribution in [-0.2, 0) is 11.3 Å². The minimum Gasteiger partial charge on any atom is -0.452 e. The van der Waals surface area contributed by atoms with E-state index in [0.717, 1.165) is 11.1 Å². The number of aromatic nitrogens is 2. The second kappa shape index (κ2) is 7.13. The van der Waals surface area contributed by atoms with Crippen LogP contribution in [0.4, 0.5) is 5.69 Å². The van der Waals surface area contributed by atoms with Crippen molar-refractivity contribution >= 4 is 34.9 Å². The van der Waals surface area contributed by atoms with Gasteiger partial charge in [-0.15, -0.1) is 0 Å². The molecule has 0 unspecified atom stereocenters. The Labute approximate surface area is 153 Å². The van der Waals surface area contributed by atoms with Gasteiger partial charge in [0.2, 0.25) is 5.82 Å². The molecular weight excluding hydrogens is 365 g/mol. The molecule has 25 heavy (non-hydrogen) atoms. The number of carbonyl (C=O) groups is 1. The molecule has 2 aromatic carbocycles. The topological polar surface area (TPSA) is 91.2 Å². The molecule has 0 aliphatic carbocycles.